The summed E-state index contributed by atoms with van der Waals surface area (Å²) < 4.78 is 81.7. The number of hydrogen-bond donors (Lipinski definition) is 1. The number of thioether (sulfide) groups is 1. The molecule has 4 aromatic rings. The molecule has 0 saturated heterocycles. The standard InChI is InChI=1S/C24H17F6N5O2S/c1-12-4-2-3-5-18(12)35-20-17(10-31-35)21(37)34-16(11-38-22(34)33-20)9-19(36)32-15-7-13(23(25,26)27)6-14(8-15)24(28,29)30/h2-8,10,16H,9,11H2,1H3,(H,32,36). The van der Waals surface area contributed by atoms with Crippen molar-refractivity contribution < 1.29 is 31.1 Å². The first kappa shape index (κ1) is 25.8. The lowest BCUT2D eigenvalue weighted by molar-refractivity contribution is -0.143. The lowest BCUT2D eigenvalue weighted by Gasteiger charge is -2.16. The Balaban J connectivity index is 1.43. The molecule has 0 fully saturated rings. The Labute approximate surface area is 214 Å². The van der Waals surface area contributed by atoms with E-state index in [2.05, 4.69) is 15.4 Å². The first-order chi connectivity index (χ1) is 17.8. The lowest BCUT2D eigenvalue weighted by atomic mass is 10.1. The molecule has 38 heavy (non-hydrogen) atoms. The van der Waals surface area contributed by atoms with Crippen molar-refractivity contribution in [3.63, 3.8) is 0 Å². The fourth-order valence-corrected chi connectivity index (χ4v) is 5.34. The van der Waals surface area contributed by atoms with E-state index in [0.717, 1.165) is 11.3 Å². The first-order valence-electron chi connectivity index (χ1n) is 11.1. The second kappa shape index (κ2) is 9.19. The summed E-state index contributed by atoms with van der Waals surface area (Å²) in [5, 5.41) is 6.94. The summed E-state index contributed by atoms with van der Waals surface area (Å²) in [6.45, 7) is 1.88. The van der Waals surface area contributed by atoms with E-state index in [0.29, 0.717) is 22.9 Å². The highest BCUT2D eigenvalue weighted by Crippen LogP contribution is 2.38. The van der Waals surface area contributed by atoms with Gasteiger partial charge in [-0.2, -0.15) is 31.4 Å². The number of fused-ring (bicyclic) bond motifs is 2. The van der Waals surface area contributed by atoms with E-state index < -0.39 is 46.7 Å². The highest BCUT2D eigenvalue weighted by atomic mass is 32.2. The molecule has 0 radical (unpaired) electrons. The molecule has 3 heterocycles. The first-order valence-corrected chi connectivity index (χ1v) is 12.1. The molecule has 2 aromatic heterocycles. The van der Waals surface area contributed by atoms with Gasteiger partial charge in [0, 0.05) is 17.9 Å². The molecule has 1 aliphatic heterocycles. The maximum atomic E-state index is 13.3. The molecule has 0 aliphatic carbocycles. The third kappa shape index (κ3) is 4.75. The van der Waals surface area contributed by atoms with Gasteiger partial charge in [-0.15, -0.1) is 0 Å². The maximum absolute atomic E-state index is 13.3. The van der Waals surface area contributed by atoms with E-state index in [9.17, 15) is 35.9 Å². The van der Waals surface area contributed by atoms with Crippen LogP contribution in [0.2, 0.25) is 0 Å². The second-order valence-corrected chi connectivity index (χ2v) is 9.65. The van der Waals surface area contributed by atoms with E-state index in [1.54, 1.807) is 4.68 Å². The minimum Gasteiger partial charge on any atom is -0.326 e. The number of rotatable bonds is 4. The number of carbonyl (C=O) groups is 1. The van der Waals surface area contributed by atoms with E-state index in [4.69, 9.17) is 0 Å². The number of hydrogen-bond acceptors (Lipinski definition) is 5. The molecule has 1 atom stereocenters. The van der Waals surface area contributed by atoms with E-state index in [-0.39, 0.29) is 23.6 Å². The van der Waals surface area contributed by atoms with Crippen molar-refractivity contribution in [2.24, 2.45) is 0 Å². The molecule has 0 spiro atoms. The van der Waals surface area contributed by atoms with Crippen LogP contribution >= 0.6 is 11.8 Å². The zero-order valence-corrected chi connectivity index (χ0v) is 20.2. The molecular formula is C24H17F6N5O2S. The number of nitrogens with one attached hydrogen (secondary N) is 1. The topological polar surface area (TPSA) is 81.8 Å². The summed E-state index contributed by atoms with van der Waals surface area (Å²) in [5.41, 5.74) is -2.22. The number of nitrogens with zero attached hydrogens (tertiary/aromatic N) is 4. The van der Waals surface area contributed by atoms with Gasteiger partial charge in [0.15, 0.2) is 10.8 Å². The second-order valence-electron chi connectivity index (χ2n) is 8.66. The number of benzene rings is 2. The highest BCUT2D eigenvalue weighted by Gasteiger charge is 2.37. The van der Waals surface area contributed by atoms with Crippen LogP contribution in [0.4, 0.5) is 32.0 Å². The lowest BCUT2D eigenvalue weighted by Crippen LogP contribution is -2.28. The number of amides is 1. The van der Waals surface area contributed by atoms with Gasteiger partial charge in [-0.25, -0.2) is 9.67 Å². The van der Waals surface area contributed by atoms with E-state index >= 15 is 0 Å². The average Bonchev–Trinajstić information content (AvgIpc) is 3.43. The van der Waals surface area contributed by atoms with Crippen LogP contribution in [0.3, 0.4) is 0 Å². The highest BCUT2D eigenvalue weighted by molar-refractivity contribution is 7.99. The van der Waals surface area contributed by atoms with Crippen LogP contribution in [-0.4, -0.2) is 31.0 Å². The van der Waals surface area contributed by atoms with Gasteiger partial charge < -0.3 is 5.32 Å². The third-order valence-electron chi connectivity index (χ3n) is 6.01. The smallest absolute Gasteiger partial charge is 0.326 e. The van der Waals surface area contributed by atoms with Crippen molar-refractivity contribution >= 4 is 34.4 Å². The van der Waals surface area contributed by atoms with Crippen LogP contribution in [0.1, 0.15) is 29.2 Å². The van der Waals surface area contributed by atoms with Crippen LogP contribution in [0, 0.1) is 6.92 Å². The molecule has 1 amide bonds. The van der Waals surface area contributed by atoms with Crippen molar-refractivity contribution in [1.82, 2.24) is 19.3 Å². The molecule has 1 aliphatic rings. The van der Waals surface area contributed by atoms with Gasteiger partial charge in [-0.05, 0) is 36.8 Å². The zero-order valence-electron chi connectivity index (χ0n) is 19.4. The van der Waals surface area contributed by atoms with Gasteiger partial charge in [-0.1, -0.05) is 30.0 Å². The Morgan fingerprint density at radius 3 is 2.37 bits per heavy atom. The number of anilines is 1. The Morgan fingerprint density at radius 1 is 1.08 bits per heavy atom. The minimum absolute atomic E-state index is 0.0207. The fraction of sp³-hybridized carbons (Fsp3) is 0.250. The van der Waals surface area contributed by atoms with Gasteiger partial charge in [0.1, 0.15) is 5.39 Å². The quantitative estimate of drug-likeness (QED) is 0.263. The van der Waals surface area contributed by atoms with Crippen LogP contribution in [0.25, 0.3) is 16.7 Å². The molecule has 1 unspecified atom stereocenters. The molecule has 0 saturated carbocycles. The van der Waals surface area contributed by atoms with Gasteiger partial charge in [0.2, 0.25) is 5.91 Å². The summed E-state index contributed by atoms with van der Waals surface area (Å²) in [5.74, 6) is -0.588. The summed E-state index contributed by atoms with van der Waals surface area (Å²) in [7, 11) is 0. The Morgan fingerprint density at radius 2 is 1.74 bits per heavy atom. The van der Waals surface area contributed by atoms with Gasteiger partial charge in [-0.3, -0.25) is 14.2 Å². The van der Waals surface area contributed by atoms with Crippen LogP contribution in [-0.2, 0) is 17.1 Å². The molecular weight excluding hydrogens is 536 g/mol. The third-order valence-corrected chi connectivity index (χ3v) is 7.10. The number of carbonyl (C=O) groups excluding carboxylic acids is 1. The summed E-state index contributed by atoms with van der Waals surface area (Å²) in [6, 6.07) is 7.52. The summed E-state index contributed by atoms with van der Waals surface area (Å²) in [4.78, 5) is 30.5. The zero-order chi connectivity index (χ0) is 27.4. The number of aryl methyl sites for hydroxylation is 1. The normalized spacial score (nSPS) is 15.6. The molecule has 14 heteroatoms. The predicted molar refractivity (Wildman–Crippen MR) is 127 cm³/mol. The fourth-order valence-electron chi connectivity index (χ4n) is 4.21. The Kier molecular flexibility index (Phi) is 6.24. The van der Waals surface area contributed by atoms with Crippen molar-refractivity contribution in [2.45, 2.75) is 36.9 Å². The minimum atomic E-state index is -5.05. The molecule has 198 valence electrons. The van der Waals surface area contributed by atoms with Crippen LogP contribution in [0.5, 0.6) is 0 Å². The number of para-hydroxylation sites is 1. The van der Waals surface area contributed by atoms with Gasteiger partial charge in [0.05, 0.1) is 29.1 Å². The van der Waals surface area contributed by atoms with Crippen LogP contribution in [0.15, 0.2) is 58.6 Å². The van der Waals surface area contributed by atoms with E-state index in [1.165, 1.54) is 22.5 Å². The summed E-state index contributed by atoms with van der Waals surface area (Å²) >= 11 is 1.21. The molecule has 2 aromatic carbocycles. The van der Waals surface area contributed by atoms with Crippen molar-refractivity contribution in [3.05, 3.63) is 75.7 Å². The van der Waals surface area contributed by atoms with Crippen molar-refractivity contribution in [1.29, 1.82) is 0 Å². The Hall–Kier alpha value is -3.81. The van der Waals surface area contributed by atoms with Crippen LogP contribution < -0.4 is 10.9 Å². The largest absolute Gasteiger partial charge is 0.416 e. The number of aromatic nitrogens is 4. The van der Waals surface area contributed by atoms with Crippen molar-refractivity contribution in [2.75, 3.05) is 11.1 Å². The number of alkyl halides is 6. The van der Waals surface area contributed by atoms with Gasteiger partial charge in [0.25, 0.3) is 5.56 Å². The van der Waals surface area contributed by atoms with E-state index in [1.807, 2.05) is 31.2 Å². The average molecular weight is 553 g/mol. The van der Waals surface area contributed by atoms with Gasteiger partial charge >= 0.3 is 12.4 Å². The predicted octanol–water partition coefficient (Wildman–Crippen LogP) is 5.60. The molecule has 5 rings (SSSR count). The Bertz CT molecular complexity index is 1590. The molecule has 0 bridgehead atoms. The van der Waals surface area contributed by atoms with Crippen molar-refractivity contribution in [3.8, 4) is 5.69 Å². The molecule has 1 N–H and O–H groups in total. The molecule has 7 nitrogen and oxygen atoms in total. The SMILES string of the molecule is Cc1ccccc1-n1ncc2c(=O)n3c(nc21)SCC3CC(=O)Nc1cc(C(F)(F)F)cc(C(F)(F)F)c1. The monoisotopic (exact) mass is 553 g/mol. The maximum Gasteiger partial charge on any atom is 0.416 e. The summed E-state index contributed by atoms with van der Waals surface area (Å²) in [6.07, 6.45) is -9.09. The number of halogens is 6.